The van der Waals surface area contributed by atoms with Gasteiger partial charge in [-0.25, -0.2) is 9.59 Å². The zero-order chi connectivity index (χ0) is 58.6. The molecule has 4 aromatic rings. The minimum atomic E-state index is -4.93. The molecule has 2 aliphatic rings. The summed E-state index contributed by atoms with van der Waals surface area (Å²) in [6.45, 7) is 12.4. The molecule has 0 saturated carbocycles. The third-order valence-electron chi connectivity index (χ3n) is 13.0. The summed E-state index contributed by atoms with van der Waals surface area (Å²) in [4.78, 5) is 76.9. The predicted molar refractivity (Wildman–Crippen MR) is 275 cm³/mol. The number of nitrogens with zero attached hydrogens (tertiary/aromatic N) is 6. The molecular weight excluding hydrogens is 1070 g/mol. The smallest absolute Gasteiger partial charge is 0.411 e. The number of carbonyl (C=O) groups is 2. The number of Topliss-reactive ketones (excluding diaryl/α,β-unsaturated/α-hetero) is 2. The number of nitro benzene ring substituents is 2. The van der Waals surface area contributed by atoms with Gasteiger partial charge in [0.05, 0.1) is 34.8 Å². The van der Waals surface area contributed by atoms with E-state index in [1.54, 1.807) is 12.3 Å². The summed E-state index contributed by atoms with van der Waals surface area (Å²) in [5, 5.41) is 47.9. The number of nitro groups is 2. The van der Waals surface area contributed by atoms with Crippen molar-refractivity contribution in [2.45, 2.75) is 153 Å². The van der Waals surface area contributed by atoms with Gasteiger partial charge in [0.15, 0.2) is 8.32 Å². The van der Waals surface area contributed by atoms with Crippen LogP contribution in [0.4, 0.5) is 49.4 Å². The first-order chi connectivity index (χ1) is 36.9. The minimum absolute atomic E-state index is 0.0269. The van der Waals surface area contributed by atoms with Gasteiger partial charge in [-0.05, 0) is 61.0 Å². The summed E-state index contributed by atoms with van der Waals surface area (Å²) < 4.78 is 94.3. The number of benzene rings is 2. The van der Waals surface area contributed by atoms with Crippen LogP contribution in [0.2, 0.25) is 18.1 Å². The molecule has 6 rings (SSSR count). The van der Waals surface area contributed by atoms with Crippen LogP contribution in [-0.4, -0.2) is 102 Å². The molecule has 2 saturated heterocycles. The summed E-state index contributed by atoms with van der Waals surface area (Å²) >= 11 is 0. The second-order valence-electron chi connectivity index (χ2n) is 19.7. The highest BCUT2D eigenvalue weighted by atomic mass is 28.4. The van der Waals surface area contributed by atoms with Crippen molar-refractivity contribution in [3.63, 3.8) is 0 Å². The van der Waals surface area contributed by atoms with Gasteiger partial charge in [0.1, 0.15) is 30.2 Å². The molecule has 0 amide bonds. The highest BCUT2D eigenvalue weighted by Gasteiger charge is 2.45. The molecule has 2 aromatic heterocycles. The number of aromatic nitrogens is 4. The van der Waals surface area contributed by atoms with E-state index in [9.17, 15) is 70.9 Å². The van der Waals surface area contributed by atoms with Gasteiger partial charge < -0.3 is 34.7 Å². The van der Waals surface area contributed by atoms with Crippen LogP contribution in [0, 0.1) is 43.9 Å². The van der Waals surface area contributed by atoms with Gasteiger partial charge in [-0.15, -0.1) is 0 Å². The van der Waals surface area contributed by atoms with Crippen LogP contribution < -0.4 is 22.0 Å². The van der Waals surface area contributed by atoms with Gasteiger partial charge in [-0.3, -0.25) is 39.0 Å². The summed E-state index contributed by atoms with van der Waals surface area (Å²) in [5.41, 5.74) is -0.892. The number of carbonyl (C=O) groups excluding carboxylic acids is 2. The number of alkyl halides is 6. The van der Waals surface area contributed by atoms with Crippen molar-refractivity contribution in [3.05, 3.63) is 124 Å². The summed E-state index contributed by atoms with van der Waals surface area (Å²) in [6, 6.07) is 11.2. The fourth-order valence-corrected chi connectivity index (χ4v) is 9.04. The first-order valence-corrected chi connectivity index (χ1v) is 27.5. The van der Waals surface area contributed by atoms with E-state index in [0.29, 0.717) is 6.42 Å². The second kappa shape index (κ2) is 26.5. The Balaban J connectivity index is 0.000000295. The molecule has 4 N–H and O–H groups in total. The van der Waals surface area contributed by atoms with Crippen molar-refractivity contribution >= 4 is 42.9 Å². The fraction of sp³-hybridized carbons (Fsp3) is 0.490. The molecule has 426 valence electrons. The summed E-state index contributed by atoms with van der Waals surface area (Å²) in [7, 11) is -2.06. The van der Waals surface area contributed by atoms with Gasteiger partial charge >= 0.3 is 23.7 Å². The maximum absolute atomic E-state index is 12.9. The van der Waals surface area contributed by atoms with Crippen LogP contribution in [0.15, 0.2) is 70.5 Å². The Morgan fingerprint density at radius 2 is 1.19 bits per heavy atom. The quantitative estimate of drug-likeness (QED) is 0.0243. The van der Waals surface area contributed by atoms with Crippen molar-refractivity contribution in [1.82, 2.24) is 19.1 Å². The van der Waals surface area contributed by atoms with E-state index in [2.05, 4.69) is 78.1 Å². The van der Waals surface area contributed by atoms with Crippen molar-refractivity contribution in [1.29, 1.82) is 0 Å². The number of anilines is 2. The molecule has 79 heavy (non-hydrogen) atoms. The van der Waals surface area contributed by atoms with Crippen LogP contribution in [0.3, 0.4) is 0 Å². The van der Waals surface area contributed by atoms with Crippen LogP contribution in [-0.2, 0) is 36.6 Å². The molecule has 0 spiro atoms. The minimum Gasteiger partial charge on any atom is -0.411 e. The summed E-state index contributed by atoms with van der Waals surface area (Å²) in [6.07, 6.45) is -11.2. The lowest BCUT2D eigenvalue weighted by Gasteiger charge is -2.39. The Morgan fingerprint density at radius 3 is 1.56 bits per heavy atom. The number of hydrogen-bond acceptors (Lipinski definition) is 17. The molecule has 2 fully saturated rings. The molecule has 0 unspecified atom stereocenters. The SMILES string of the molecule is CC[C@H]1O[C@@H](n2ccc(NCc3ccc(C#CCCC(=O)C(F)(F)F)cc3[N+](=O)[O-])nc2=O)C[C@H]1O[Si](C)(C)C(C)(C)C.O=C(CCC#Cc1ccc(CNc2ccn([C@H]3C[C@@H](O)[C@@H](CO)O3)c(=O)n2)c([N+](=O)[O-])c1)C(F)(F)F. The molecule has 6 atom stereocenters. The molecule has 0 radical (unpaired) electrons. The maximum atomic E-state index is 12.9. The molecule has 2 aromatic carbocycles. The maximum Gasteiger partial charge on any atom is 0.450 e. The van der Waals surface area contributed by atoms with Gasteiger partial charge in [0, 0.05) is 98.4 Å². The molecule has 0 bridgehead atoms. The zero-order valence-electron chi connectivity index (χ0n) is 43.6. The van der Waals surface area contributed by atoms with Crippen molar-refractivity contribution < 1.29 is 69.9 Å². The number of rotatable bonds is 18. The van der Waals surface area contributed by atoms with Crippen molar-refractivity contribution in [2.75, 3.05) is 17.2 Å². The number of hydrogen-bond donors (Lipinski definition) is 4. The number of nitrogens with one attached hydrogen (secondary N) is 2. The first-order valence-electron chi connectivity index (χ1n) is 24.6. The van der Waals surface area contributed by atoms with Crippen LogP contribution in [0.25, 0.3) is 0 Å². The number of ketones is 2. The topological polar surface area (TPSA) is 282 Å². The third kappa shape index (κ3) is 17.3. The number of aliphatic hydroxyl groups excluding tert-OH is 2. The Hall–Kier alpha value is -7.34. The summed E-state index contributed by atoms with van der Waals surface area (Å²) in [5.74, 6) is 6.45. The number of halogens is 6. The van der Waals surface area contributed by atoms with E-state index >= 15 is 0 Å². The molecular formula is C51H58F6N8O13Si. The lowest BCUT2D eigenvalue weighted by atomic mass is 10.1. The van der Waals surface area contributed by atoms with Crippen molar-refractivity contribution in [3.8, 4) is 23.7 Å². The average molecular weight is 1130 g/mol. The first kappa shape index (κ1) is 62.5. The molecule has 4 heterocycles. The zero-order valence-corrected chi connectivity index (χ0v) is 44.6. The Labute approximate surface area is 449 Å². The highest BCUT2D eigenvalue weighted by molar-refractivity contribution is 6.74. The average Bonchev–Trinajstić information content (AvgIpc) is 4.02. The standard InChI is InChI=1S/C29H37F3N4O6Si.C22H21F3N4O7/c1-7-22-23(42-43(5,6)28(2,3)4)17-26(41-22)35-15-14-25(34-27(35)38)33-18-20-13-12-19(16-21(20)36(39)40)10-8-9-11-24(37)29(30,31)32;23-22(24,25)18(32)4-2-1-3-13-5-6-14(15(9-13)29(34)35)11-26-19-7-8-28(21(33)27-19)20-10-16(31)17(12-30)36-20/h12-16,22-23,26H,7,9,11,17-18H2,1-6H3,(H,33,34,38);5-9,16-17,20,30-31H,2,4,10-12H2,(H,26,27,33)/t22-,23-,26-;16-,17-,20-/m11/s1. The fourth-order valence-electron chi connectivity index (χ4n) is 7.68. The van der Waals surface area contributed by atoms with Gasteiger partial charge in [-0.2, -0.15) is 36.3 Å². The van der Waals surface area contributed by atoms with E-state index in [-0.39, 0.29) is 94.9 Å². The van der Waals surface area contributed by atoms with Crippen LogP contribution in [0.5, 0.6) is 0 Å². The van der Waals surface area contributed by atoms with Crippen molar-refractivity contribution in [2.24, 2.45) is 0 Å². The lowest BCUT2D eigenvalue weighted by molar-refractivity contribution is -0.385. The van der Waals surface area contributed by atoms with E-state index in [1.165, 1.54) is 47.2 Å². The van der Waals surface area contributed by atoms with Gasteiger partial charge in [-0.1, -0.05) is 51.4 Å². The van der Waals surface area contributed by atoms with E-state index in [1.807, 2.05) is 6.92 Å². The Morgan fingerprint density at radius 1 is 0.759 bits per heavy atom. The Bertz CT molecular complexity index is 3120. The van der Waals surface area contributed by atoms with E-state index in [4.69, 9.17) is 19.0 Å². The second-order valence-corrected chi connectivity index (χ2v) is 24.4. The van der Waals surface area contributed by atoms with E-state index in [0.717, 1.165) is 17.1 Å². The molecule has 2 aliphatic heterocycles. The van der Waals surface area contributed by atoms with Gasteiger partial charge in [0.2, 0.25) is 11.6 Å². The molecule has 0 aliphatic carbocycles. The monoisotopic (exact) mass is 1130 g/mol. The molecule has 28 heteroatoms. The highest BCUT2D eigenvalue weighted by Crippen LogP contribution is 2.41. The largest absolute Gasteiger partial charge is 0.450 e. The van der Waals surface area contributed by atoms with Crippen LogP contribution in [0.1, 0.15) is 107 Å². The van der Waals surface area contributed by atoms with E-state index < -0.39 is 97.6 Å². The Kier molecular flexibility index (Phi) is 21.0. The molecule has 21 nitrogen and oxygen atoms in total. The number of aliphatic hydroxyl groups is 2. The van der Waals surface area contributed by atoms with Crippen LogP contribution >= 0.6 is 0 Å². The number of ether oxygens (including phenoxy) is 2. The lowest BCUT2D eigenvalue weighted by Crippen LogP contribution is -2.45. The predicted octanol–water partition coefficient (Wildman–Crippen LogP) is 7.78. The third-order valence-corrected chi connectivity index (χ3v) is 17.5. The normalized spacial score (nSPS) is 19.2. The van der Waals surface area contributed by atoms with Gasteiger partial charge in [0.25, 0.3) is 11.4 Å².